The largest absolute Gasteiger partial charge is 0.341 e. The predicted octanol–water partition coefficient (Wildman–Crippen LogP) is 2.83. The van der Waals surface area contributed by atoms with Gasteiger partial charge in [-0.05, 0) is 48.4 Å². The fourth-order valence-corrected chi connectivity index (χ4v) is 2.55. The second-order valence-electron chi connectivity index (χ2n) is 6.78. The molecule has 0 saturated heterocycles. The zero-order valence-electron chi connectivity index (χ0n) is 13.8. The maximum absolute atomic E-state index is 12.3. The molecule has 21 heavy (non-hydrogen) atoms. The lowest BCUT2D eigenvalue weighted by atomic mass is 9.76. The van der Waals surface area contributed by atoms with Crippen LogP contribution in [0.3, 0.4) is 0 Å². The number of hydrogen-bond donors (Lipinski definition) is 1. The van der Waals surface area contributed by atoms with Crippen molar-refractivity contribution < 1.29 is 4.79 Å². The fraction of sp³-hybridized carbons (Fsp3) is 0.647. The fourth-order valence-electron chi connectivity index (χ4n) is 2.55. The van der Waals surface area contributed by atoms with Crippen LogP contribution in [0.15, 0.2) is 24.5 Å². The second-order valence-corrected chi connectivity index (χ2v) is 6.78. The van der Waals surface area contributed by atoms with Crippen molar-refractivity contribution in [3.05, 3.63) is 30.1 Å². The number of carbonyl (C=O) groups excluding carboxylic acids is 1. The third kappa shape index (κ3) is 6.25. The monoisotopic (exact) mass is 291 g/mol. The quantitative estimate of drug-likeness (QED) is 0.840. The second kappa shape index (κ2) is 8.13. The number of pyridine rings is 1. The van der Waals surface area contributed by atoms with Gasteiger partial charge < -0.3 is 10.6 Å². The van der Waals surface area contributed by atoms with E-state index in [4.69, 9.17) is 5.73 Å². The van der Waals surface area contributed by atoms with Gasteiger partial charge in [-0.1, -0.05) is 20.8 Å². The molecule has 4 heteroatoms. The first-order valence-electron chi connectivity index (χ1n) is 7.67. The van der Waals surface area contributed by atoms with E-state index >= 15 is 0 Å². The molecule has 0 spiro atoms. The van der Waals surface area contributed by atoms with Crippen molar-refractivity contribution in [2.24, 2.45) is 17.1 Å². The third-order valence-corrected chi connectivity index (χ3v) is 4.04. The van der Waals surface area contributed by atoms with Gasteiger partial charge in [0.05, 0.1) is 0 Å². The molecule has 1 unspecified atom stereocenters. The van der Waals surface area contributed by atoms with E-state index in [1.165, 1.54) is 0 Å². The van der Waals surface area contributed by atoms with E-state index in [9.17, 15) is 4.79 Å². The Morgan fingerprint density at radius 2 is 1.90 bits per heavy atom. The summed E-state index contributed by atoms with van der Waals surface area (Å²) in [4.78, 5) is 18.0. The molecule has 0 saturated carbocycles. The summed E-state index contributed by atoms with van der Waals surface area (Å²) in [6, 6.07) is 3.88. The predicted molar refractivity (Wildman–Crippen MR) is 86.6 cm³/mol. The highest BCUT2D eigenvalue weighted by Gasteiger charge is 2.24. The summed E-state index contributed by atoms with van der Waals surface area (Å²) in [7, 11) is 1.86. The molecule has 1 atom stereocenters. The average Bonchev–Trinajstić information content (AvgIpc) is 2.42. The summed E-state index contributed by atoms with van der Waals surface area (Å²) in [5.41, 5.74) is 7.00. The normalized spacial score (nSPS) is 13.0. The zero-order valence-corrected chi connectivity index (χ0v) is 13.8. The van der Waals surface area contributed by atoms with Gasteiger partial charge in [0.15, 0.2) is 0 Å². The molecule has 2 N–H and O–H groups in total. The Kier molecular flexibility index (Phi) is 6.82. The van der Waals surface area contributed by atoms with Crippen molar-refractivity contribution in [1.82, 2.24) is 9.88 Å². The van der Waals surface area contributed by atoms with Gasteiger partial charge >= 0.3 is 0 Å². The van der Waals surface area contributed by atoms with Crippen molar-refractivity contribution in [1.29, 1.82) is 0 Å². The van der Waals surface area contributed by atoms with Crippen molar-refractivity contribution >= 4 is 5.91 Å². The smallest absolute Gasteiger partial charge is 0.222 e. The number of nitrogens with two attached hydrogens (primary N) is 1. The summed E-state index contributed by atoms with van der Waals surface area (Å²) >= 11 is 0. The lowest BCUT2D eigenvalue weighted by Gasteiger charge is -2.31. The van der Waals surface area contributed by atoms with E-state index in [0.717, 1.165) is 18.4 Å². The van der Waals surface area contributed by atoms with E-state index in [2.05, 4.69) is 25.8 Å². The maximum atomic E-state index is 12.3. The molecule has 0 aliphatic rings. The maximum Gasteiger partial charge on any atom is 0.222 e. The molecule has 118 valence electrons. The Morgan fingerprint density at radius 3 is 2.43 bits per heavy atom. The number of carbonyl (C=O) groups is 1. The van der Waals surface area contributed by atoms with Crippen LogP contribution in [0, 0.1) is 11.3 Å². The Balaban J connectivity index is 2.48. The summed E-state index contributed by atoms with van der Waals surface area (Å²) in [5, 5.41) is 0. The summed E-state index contributed by atoms with van der Waals surface area (Å²) in [5.74, 6) is 0.679. The van der Waals surface area contributed by atoms with Gasteiger partial charge in [0.1, 0.15) is 0 Å². The van der Waals surface area contributed by atoms with Crippen molar-refractivity contribution in [3.63, 3.8) is 0 Å². The van der Waals surface area contributed by atoms with Gasteiger partial charge in [-0.15, -0.1) is 0 Å². The highest BCUT2D eigenvalue weighted by atomic mass is 16.2. The summed E-state index contributed by atoms with van der Waals surface area (Å²) in [6.07, 6.45) is 5.98. The summed E-state index contributed by atoms with van der Waals surface area (Å²) in [6.45, 7) is 7.98. The minimum Gasteiger partial charge on any atom is -0.341 e. The molecule has 1 heterocycles. The molecule has 1 aromatic rings. The molecular formula is C17H29N3O. The van der Waals surface area contributed by atoms with Gasteiger partial charge in [-0.3, -0.25) is 9.78 Å². The van der Waals surface area contributed by atoms with Crippen LogP contribution in [-0.2, 0) is 11.3 Å². The van der Waals surface area contributed by atoms with E-state index in [1.54, 1.807) is 17.3 Å². The molecule has 1 amide bonds. The molecule has 0 aliphatic carbocycles. The Bertz CT molecular complexity index is 425. The van der Waals surface area contributed by atoms with Crippen LogP contribution >= 0.6 is 0 Å². The molecule has 1 aromatic heterocycles. The minimum absolute atomic E-state index is 0.193. The number of nitrogens with zero attached hydrogens (tertiary/aromatic N) is 2. The topological polar surface area (TPSA) is 59.2 Å². The Morgan fingerprint density at radius 1 is 1.29 bits per heavy atom. The van der Waals surface area contributed by atoms with Crippen molar-refractivity contribution in [2.45, 2.75) is 46.6 Å². The SMILES string of the molecule is CN(Cc1ccncc1)C(=O)CCC(CCN)C(C)(C)C. The number of hydrogen-bond acceptors (Lipinski definition) is 3. The van der Waals surface area contributed by atoms with E-state index in [-0.39, 0.29) is 11.3 Å². The van der Waals surface area contributed by atoms with E-state index in [1.807, 2.05) is 19.2 Å². The molecule has 0 aromatic carbocycles. The van der Waals surface area contributed by atoms with Crippen LogP contribution in [-0.4, -0.2) is 29.4 Å². The van der Waals surface area contributed by atoms with E-state index < -0.39 is 0 Å². The van der Waals surface area contributed by atoms with Crippen LogP contribution in [0.1, 0.15) is 45.6 Å². The van der Waals surface area contributed by atoms with Crippen LogP contribution in [0.2, 0.25) is 0 Å². The molecular weight excluding hydrogens is 262 g/mol. The molecule has 0 radical (unpaired) electrons. The first-order valence-corrected chi connectivity index (χ1v) is 7.67. The van der Waals surface area contributed by atoms with Gasteiger partial charge in [-0.2, -0.15) is 0 Å². The standard InChI is InChI=1S/C17H29N3O/c1-17(2,3)15(7-10-18)5-6-16(21)20(4)13-14-8-11-19-12-9-14/h8-9,11-12,15H,5-7,10,13,18H2,1-4H3. The van der Waals surface area contributed by atoms with Crippen LogP contribution in [0.25, 0.3) is 0 Å². The van der Waals surface area contributed by atoms with E-state index in [0.29, 0.717) is 25.4 Å². The molecule has 1 rings (SSSR count). The summed E-state index contributed by atoms with van der Waals surface area (Å²) < 4.78 is 0. The number of rotatable bonds is 7. The third-order valence-electron chi connectivity index (χ3n) is 4.04. The average molecular weight is 291 g/mol. The number of aromatic nitrogens is 1. The van der Waals surface area contributed by atoms with Crippen LogP contribution in [0.4, 0.5) is 0 Å². The van der Waals surface area contributed by atoms with Gasteiger partial charge in [0.2, 0.25) is 5.91 Å². The minimum atomic E-state index is 0.193. The van der Waals surface area contributed by atoms with Gasteiger partial charge in [0, 0.05) is 32.4 Å². The van der Waals surface area contributed by atoms with Crippen LogP contribution < -0.4 is 5.73 Å². The first-order chi connectivity index (χ1) is 9.84. The van der Waals surface area contributed by atoms with Gasteiger partial charge in [0.25, 0.3) is 0 Å². The Labute approximate surface area is 128 Å². The molecule has 4 nitrogen and oxygen atoms in total. The van der Waals surface area contributed by atoms with Gasteiger partial charge in [-0.25, -0.2) is 0 Å². The molecule has 0 fully saturated rings. The van der Waals surface area contributed by atoms with Crippen molar-refractivity contribution in [2.75, 3.05) is 13.6 Å². The highest BCUT2D eigenvalue weighted by Crippen LogP contribution is 2.32. The highest BCUT2D eigenvalue weighted by molar-refractivity contribution is 5.75. The first kappa shape index (κ1) is 17.6. The van der Waals surface area contributed by atoms with Crippen molar-refractivity contribution in [3.8, 4) is 0 Å². The van der Waals surface area contributed by atoms with Crippen LogP contribution in [0.5, 0.6) is 0 Å². The molecule has 0 aliphatic heterocycles. The Hall–Kier alpha value is -1.42. The number of amides is 1. The molecule has 0 bridgehead atoms. The zero-order chi connectivity index (χ0) is 15.9. The lowest BCUT2D eigenvalue weighted by Crippen LogP contribution is -2.29. The lowest BCUT2D eigenvalue weighted by molar-refractivity contribution is -0.130.